The summed E-state index contributed by atoms with van der Waals surface area (Å²) in [7, 11) is 3.40. The Morgan fingerprint density at radius 3 is 2.39 bits per heavy atom. The van der Waals surface area contributed by atoms with Gasteiger partial charge >= 0.3 is 11.7 Å². The molecule has 0 unspecified atom stereocenters. The average molecular weight is 876 g/mol. The predicted octanol–water partition coefficient (Wildman–Crippen LogP) is 9.12. The van der Waals surface area contributed by atoms with Crippen LogP contribution in [0.1, 0.15) is 56.8 Å². The van der Waals surface area contributed by atoms with Gasteiger partial charge in [-0.1, -0.05) is 48.5 Å². The molecular weight excluding hydrogens is 831 g/mol. The molecule has 0 aliphatic heterocycles. The molecule has 15 heteroatoms. The van der Waals surface area contributed by atoms with E-state index in [0.29, 0.717) is 29.9 Å². The number of carboxylic acids is 1. The highest BCUT2D eigenvalue weighted by Gasteiger charge is 2.31. The van der Waals surface area contributed by atoms with Gasteiger partial charge in [-0.05, 0) is 99.2 Å². The number of anilines is 1. The Labute approximate surface area is 377 Å². The van der Waals surface area contributed by atoms with E-state index in [0.717, 1.165) is 96.2 Å². The molecule has 4 aromatic carbocycles. The summed E-state index contributed by atoms with van der Waals surface area (Å²) in [6.07, 6.45) is 7.82. The van der Waals surface area contributed by atoms with Gasteiger partial charge in [0.1, 0.15) is 29.1 Å². The number of aryl methyl sites for hydroxylation is 1. The Hall–Kier alpha value is -8.38. The molecule has 1 saturated carbocycles. The molecule has 328 valence electrons. The summed E-state index contributed by atoms with van der Waals surface area (Å²) in [4.78, 5) is 46.5. The van der Waals surface area contributed by atoms with Gasteiger partial charge in [-0.2, -0.15) is 10.4 Å². The van der Waals surface area contributed by atoms with E-state index in [9.17, 15) is 20.0 Å². The van der Waals surface area contributed by atoms with Crippen molar-refractivity contribution in [1.29, 1.82) is 5.26 Å². The van der Waals surface area contributed by atoms with Crippen LogP contribution in [0.5, 0.6) is 5.75 Å². The third kappa shape index (κ3) is 7.12. The number of pyridine rings is 2. The van der Waals surface area contributed by atoms with Crippen LogP contribution in [-0.2, 0) is 17.3 Å². The summed E-state index contributed by atoms with van der Waals surface area (Å²) < 4.78 is 10.6. The molecule has 4 N–H and O–H groups in total. The number of nitrogens with zero attached hydrogens (tertiary/aromatic N) is 9. The van der Waals surface area contributed by atoms with Crippen molar-refractivity contribution in [2.24, 2.45) is 13.0 Å². The first kappa shape index (κ1) is 41.6. The van der Waals surface area contributed by atoms with Crippen LogP contribution in [0.2, 0.25) is 0 Å². The van der Waals surface area contributed by atoms with E-state index in [2.05, 4.69) is 49.3 Å². The minimum Gasteiger partial charge on any atom is -0.495 e. The summed E-state index contributed by atoms with van der Waals surface area (Å²) in [6.45, 7) is 3.77. The molecule has 0 saturated heterocycles. The number of aromatic nitrogens is 9. The van der Waals surface area contributed by atoms with Crippen LogP contribution >= 0.6 is 0 Å². The molecule has 11 rings (SSSR count). The van der Waals surface area contributed by atoms with Crippen molar-refractivity contribution in [3.05, 3.63) is 138 Å². The SMILES string of the molecule is COc1cccc2cc(-c3nc(C4CCC(C(=O)O)CC4)n4ncnc(N)c34)[nH]c12.Cn1c(=O)n(-c2ccc(C(C)(C)C#N)cc2)c2c3cc(-c4cnc5ccccc5c4)ccc3ncc21. The lowest BCUT2D eigenvalue weighted by Crippen LogP contribution is -2.21. The highest BCUT2D eigenvalue weighted by Crippen LogP contribution is 2.39. The Bertz CT molecular complexity index is 3620. The second-order valence-electron chi connectivity index (χ2n) is 17.3. The number of hydrogen-bond donors (Lipinski definition) is 3. The van der Waals surface area contributed by atoms with E-state index in [-0.39, 0.29) is 17.5 Å². The topological polar surface area (TPSA) is 208 Å². The van der Waals surface area contributed by atoms with Crippen molar-refractivity contribution in [1.82, 2.24) is 43.7 Å². The molecule has 15 nitrogen and oxygen atoms in total. The molecule has 1 fully saturated rings. The molecule has 0 spiro atoms. The Balaban J connectivity index is 0.000000158. The number of methoxy groups -OCH3 is 1. The molecule has 6 aromatic heterocycles. The fourth-order valence-corrected chi connectivity index (χ4v) is 9.19. The number of ether oxygens (including phenoxy) is 1. The number of nitrogens with one attached hydrogen (secondary N) is 1. The summed E-state index contributed by atoms with van der Waals surface area (Å²) in [6, 6.07) is 34.1. The van der Waals surface area contributed by atoms with Crippen molar-refractivity contribution in [3.63, 3.8) is 0 Å². The van der Waals surface area contributed by atoms with E-state index in [1.807, 2.05) is 98.9 Å². The van der Waals surface area contributed by atoms with E-state index >= 15 is 0 Å². The van der Waals surface area contributed by atoms with Gasteiger partial charge in [-0.15, -0.1) is 0 Å². The lowest BCUT2D eigenvalue weighted by molar-refractivity contribution is -0.142. The maximum absolute atomic E-state index is 13.4. The first-order valence-corrected chi connectivity index (χ1v) is 21.7. The minimum atomic E-state index is -0.722. The van der Waals surface area contributed by atoms with Crippen molar-refractivity contribution in [2.45, 2.75) is 50.9 Å². The number of aliphatic carboxylic acids is 1. The lowest BCUT2D eigenvalue weighted by Gasteiger charge is -2.24. The number of aromatic amines is 1. The standard InChI is InChI=1S/C30H23N5O.C21H22N6O3/c1-30(2,18-31)22-9-11-23(12-10-22)35-28-24-15-19(21-14-20-6-4-5-7-25(20)32-16-21)8-13-26(24)33-17-27(28)34(3)29(35)36;1-30-15-4-2-3-13-9-14(25-16(13)15)17-18-19(22)23-10-24-27(18)20(26-17)11-5-7-12(8-6-11)21(28)29/h4-17H,1-3H3;2-4,9-12,25H,5-8H2,1H3,(H,28,29)(H2,22,23,24). The van der Waals surface area contributed by atoms with Crippen LogP contribution in [0, 0.1) is 17.2 Å². The zero-order chi connectivity index (χ0) is 45.9. The monoisotopic (exact) mass is 875 g/mol. The predicted molar refractivity (Wildman–Crippen MR) is 255 cm³/mol. The summed E-state index contributed by atoms with van der Waals surface area (Å²) in [5, 5.41) is 26.2. The Kier molecular flexibility index (Phi) is 10.3. The number of nitrogen functional groups attached to an aromatic ring is 1. The highest BCUT2D eigenvalue weighted by molar-refractivity contribution is 6.05. The largest absolute Gasteiger partial charge is 0.495 e. The van der Waals surface area contributed by atoms with E-state index in [1.54, 1.807) is 34.0 Å². The summed E-state index contributed by atoms with van der Waals surface area (Å²) in [5.41, 5.74) is 15.4. The molecule has 10 aromatic rings. The van der Waals surface area contributed by atoms with Crippen LogP contribution in [0.4, 0.5) is 5.82 Å². The molecule has 0 radical (unpaired) electrons. The normalized spacial score (nSPS) is 15.3. The third-order valence-electron chi connectivity index (χ3n) is 13.0. The smallest absolute Gasteiger partial charge is 0.333 e. The van der Waals surface area contributed by atoms with Crippen LogP contribution in [-0.4, -0.2) is 61.9 Å². The first-order chi connectivity index (χ1) is 31.9. The number of H-pyrrole nitrogens is 1. The molecular formula is C51H45N11O4. The van der Waals surface area contributed by atoms with Gasteiger partial charge in [0.2, 0.25) is 0 Å². The maximum Gasteiger partial charge on any atom is 0.333 e. The van der Waals surface area contributed by atoms with Crippen molar-refractivity contribution in [2.75, 3.05) is 12.8 Å². The number of nitriles is 1. The van der Waals surface area contributed by atoms with Gasteiger partial charge < -0.3 is 20.6 Å². The zero-order valence-corrected chi connectivity index (χ0v) is 36.7. The number of hydrogen-bond acceptors (Lipinski definition) is 10. The molecule has 66 heavy (non-hydrogen) atoms. The summed E-state index contributed by atoms with van der Waals surface area (Å²) >= 11 is 0. The van der Waals surface area contributed by atoms with E-state index in [4.69, 9.17) is 15.5 Å². The van der Waals surface area contributed by atoms with Crippen LogP contribution < -0.4 is 16.2 Å². The average Bonchev–Trinajstić information content (AvgIpc) is 4.04. The second-order valence-corrected chi connectivity index (χ2v) is 17.3. The van der Waals surface area contributed by atoms with Crippen molar-refractivity contribution in [3.8, 4) is 40.0 Å². The number of benzene rings is 4. The van der Waals surface area contributed by atoms with E-state index in [1.165, 1.54) is 6.33 Å². The van der Waals surface area contributed by atoms with Gasteiger partial charge in [0.25, 0.3) is 0 Å². The van der Waals surface area contributed by atoms with E-state index < -0.39 is 11.4 Å². The van der Waals surface area contributed by atoms with Crippen molar-refractivity contribution < 1.29 is 14.6 Å². The summed E-state index contributed by atoms with van der Waals surface area (Å²) in [5.74, 6) is 1.01. The molecule has 1 aliphatic carbocycles. The van der Waals surface area contributed by atoms with Gasteiger partial charge in [0.15, 0.2) is 5.82 Å². The molecule has 1 aliphatic rings. The molecule has 0 atom stereocenters. The minimum absolute atomic E-state index is 0.120. The van der Waals surface area contributed by atoms with Crippen LogP contribution in [0.25, 0.3) is 77.5 Å². The van der Waals surface area contributed by atoms with Gasteiger partial charge in [-0.25, -0.2) is 19.3 Å². The Morgan fingerprint density at radius 1 is 0.879 bits per heavy atom. The number of fused-ring (bicyclic) bond motifs is 6. The molecule has 0 bridgehead atoms. The Morgan fingerprint density at radius 2 is 1.64 bits per heavy atom. The fourth-order valence-electron chi connectivity index (χ4n) is 9.19. The van der Waals surface area contributed by atoms with Gasteiger partial charge in [-0.3, -0.25) is 23.9 Å². The quantitative estimate of drug-likeness (QED) is 0.138. The number of nitrogens with two attached hydrogens (primary N) is 1. The zero-order valence-electron chi connectivity index (χ0n) is 36.7. The first-order valence-electron chi connectivity index (χ1n) is 21.7. The number of imidazole rings is 2. The van der Waals surface area contributed by atoms with Crippen molar-refractivity contribution >= 4 is 61.0 Å². The molecule has 6 heterocycles. The highest BCUT2D eigenvalue weighted by atomic mass is 16.5. The second kappa shape index (κ2) is 16.3. The molecule has 0 amide bonds. The fraction of sp³-hybridized carbons (Fsp3) is 0.216. The number of rotatable bonds is 7. The lowest BCUT2D eigenvalue weighted by atomic mass is 9.82. The number of para-hydroxylation sites is 2. The maximum atomic E-state index is 13.4. The third-order valence-corrected chi connectivity index (χ3v) is 13.0. The van der Waals surface area contributed by atoms with Crippen LogP contribution in [0.15, 0.2) is 121 Å². The van der Waals surface area contributed by atoms with Gasteiger partial charge in [0.05, 0.1) is 69.7 Å². The number of carboxylic acid groups (broad SMARTS) is 1. The number of carbonyl (C=O) groups is 1. The van der Waals surface area contributed by atoms with Gasteiger partial charge in [0, 0.05) is 40.9 Å². The van der Waals surface area contributed by atoms with Crippen LogP contribution in [0.3, 0.4) is 0 Å².